The lowest BCUT2D eigenvalue weighted by atomic mass is 9.86. The van der Waals surface area contributed by atoms with E-state index in [4.69, 9.17) is 5.73 Å². The molecule has 0 fully saturated rings. The van der Waals surface area contributed by atoms with Crippen molar-refractivity contribution >= 4 is 35.1 Å². The predicted octanol–water partition coefficient (Wildman–Crippen LogP) is 2.87. The molecule has 0 radical (unpaired) electrons. The molecule has 134 valence electrons. The molecule has 6 nitrogen and oxygen atoms in total. The molecule has 0 saturated carbocycles. The third kappa shape index (κ3) is 6.70. The molecule has 0 bridgehead atoms. The van der Waals surface area contributed by atoms with E-state index in [1.807, 2.05) is 56.8 Å². The Morgan fingerprint density at radius 3 is 2.38 bits per heavy atom. The summed E-state index contributed by atoms with van der Waals surface area (Å²) in [4.78, 5) is 23.8. The van der Waals surface area contributed by atoms with E-state index in [0.717, 1.165) is 23.7 Å². The van der Waals surface area contributed by atoms with Crippen LogP contribution in [0.2, 0.25) is 0 Å². The van der Waals surface area contributed by atoms with Crippen LogP contribution in [0.1, 0.15) is 27.7 Å². The Bertz CT molecular complexity index is 558. The number of hydrogen-bond donors (Lipinski definition) is 4. The van der Waals surface area contributed by atoms with Crippen LogP contribution in [0.15, 0.2) is 24.3 Å². The van der Waals surface area contributed by atoms with Gasteiger partial charge in [0.1, 0.15) is 6.04 Å². The molecule has 0 aliphatic carbocycles. The molecule has 0 aliphatic heterocycles. The Balaban J connectivity index is 2.71. The minimum absolute atomic E-state index is 0.453. The highest BCUT2D eigenvalue weighted by Crippen LogP contribution is 2.22. The zero-order valence-electron chi connectivity index (χ0n) is 14.8. The van der Waals surface area contributed by atoms with E-state index in [1.54, 1.807) is 0 Å². The fourth-order valence-corrected chi connectivity index (χ4v) is 2.69. The maximum atomic E-state index is 12.2. The van der Waals surface area contributed by atoms with Crippen molar-refractivity contribution in [1.29, 1.82) is 0 Å². The van der Waals surface area contributed by atoms with Gasteiger partial charge in [-0.05, 0) is 23.3 Å². The zero-order valence-corrected chi connectivity index (χ0v) is 15.6. The van der Waals surface area contributed by atoms with Crippen molar-refractivity contribution < 1.29 is 9.59 Å². The van der Waals surface area contributed by atoms with Crippen LogP contribution in [0, 0.1) is 5.41 Å². The number of benzene rings is 1. The lowest BCUT2D eigenvalue weighted by molar-refractivity contribution is -0.122. The second kappa shape index (κ2) is 9.42. The normalized spacial score (nSPS) is 12.3. The van der Waals surface area contributed by atoms with Crippen LogP contribution >= 0.6 is 11.8 Å². The number of urea groups is 1. The van der Waals surface area contributed by atoms with Crippen LogP contribution in [0.5, 0.6) is 0 Å². The number of anilines is 2. The Morgan fingerprint density at radius 1 is 1.21 bits per heavy atom. The summed E-state index contributed by atoms with van der Waals surface area (Å²) in [6.07, 6.45) is 0. The van der Waals surface area contributed by atoms with Crippen LogP contribution < -0.4 is 21.7 Å². The van der Waals surface area contributed by atoms with Gasteiger partial charge in [-0.2, -0.15) is 11.8 Å². The predicted molar refractivity (Wildman–Crippen MR) is 103 cm³/mol. The highest BCUT2D eigenvalue weighted by molar-refractivity contribution is 7.99. The summed E-state index contributed by atoms with van der Waals surface area (Å²) in [6.45, 7) is 8.48. The minimum atomic E-state index is -0.751. The number of para-hydroxylation sites is 2. The highest BCUT2D eigenvalue weighted by atomic mass is 32.2. The molecule has 1 atom stereocenters. The molecule has 7 heteroatoms. The number of carbonyl (C=O) groups excluding carboxylic acids is 2. The van der Waals surface area contributed by atoms with Gasteiger partial charge in [0.05, 0.1) is 11.4 Å². The molecule has 0 unspecified atom stereocenters. The molecule has 3 amide bonds. The molecule has 0 saturated heterocycles. The zero-order chi connectivity index (χ0) is 18.2. The second-order valence-corrected chi connectivity index (χ2v) is 7.86. The second-order valence-electron chi connectivity index (χ2n) is 6.47. The monoisotopic (exact) mass is 352 g/mol. The quantitative estimate of drug-likeness (QED) is 0.541. The Labute approximate surface area is 148 Å². The van der Waals surface area contributed by atoms with E-state index in [9.17, 15) is 9.59 Å². The van der Waals surface area contributed by atoms with E-state index in [0.29, 0.717) is 5.69 Å². The van der Waals surface area contributed by atoms with Gasteiger partial charge < -0.3 is 21.7 Å². The van der Waals surface area contributed by atoms with Crippen molar-refractivity contribution in [1.82, 2.24) is 5.32 Å². The molecule has 5 N–H and O–H groups in total. The van der Waals surface area contributed by atoms with Crippen LogP contribution in [0.3, 0.4) is 0 Å². The van der Waals surface area contributed by atoms with Crippen molar-refractivity contribution in [2.24, 2.45) is 11.1 Å². The van der Waals surface area contributed by atoms with Gasteiger partial charge in [0.25, 0.3) is 0 Å². The van der Waals surface area contributed by atoms with Crippen LogP contribution in [0.4, 0.5) is 16.2 Å². The Kier molecular flexibility index (Phi) is 7.91. The number of carbonyl (C=O) groups is 2. The van der Waals surface area contributed by atoms with Gasteiger partial charge in [-0.1, -0.05) is 39.8 Å². The van der Waals surface area contributed by atoms with Gasteiger partial charge in [0.15, 0.2) is 0 Å². The summed E-state index contributed by atoms with van der Waals surface area (Å²) in [5.41, 5.74) is 6.44. The van der Waals surface area contributed by atoms with Crippen LogP contribution in [-0.2, 0) is 4.79 Å². The summed E-state index contributed by atoms with van der Waals surface area (Å²) >= 11 is 1.85. The lowest BCUT2D eigenvalue weighted by Gasteiger charge is -2.28. The van der Waals surface area contributed by atoms with Crippen LogP contribution in [-0.4, -0.2) is 36.0 Å². The third-order valence-electron chi connectivity index (χ3n) is 3.37. The molecule has 0 heterocycles. The fourth-order valence-electron chi connectivity index (χ4n) is 2.15. The van der Waals surface area contributed by atoms with Gasteiger partial charge in [-0.3, -0.25) is 4.79 Å². The third-order valence-corrected chi connectivity index (χ3v) is 4.27. The smallest absolute Gasteiger partial charge is 0.319 e. The van der Waals surface area contributed by atoms with Crippen molar-refractivity contribution in [3.8, 4) is 0 Å². The van der Waals surface area contributed by atoms with Crippen molar-refractivity contribution in [2.45, 2.75) is 33.7 Å². The molecule has 1 rings (SSSR count). The van der Waals surface area contributed by atoms with Gasteiger partial charge in [-0.15, -0.1) is 0 Å². The maximum Gasteiger partial charge on any atom is 0.319 e. The first-order chi connectivity index (χ1) is 11.3. The van der Waals surface area contributed by atoms with Gasteiger partial charge in [0.2, 0.25) is 5.91 Å². The molecule has 1 aromatic carbocycles. The first kappa shape index (κ1) is 20.2. The number of nitrogens with one attached hydrogen (secondary N) is 3. The topological polar surface area (TPSA) is 96.2 Å². The molecule has 0 spiro atoms. The number of rotatable bonds is 8. The number of nitrogens with two attached hydrogens (primary N) is 1. The van der Waals surface area contributed by atoms with E-state index >= 15 is 0 Å². The number of amides is 3. The number of hydrogen-bond acceptors (Lipinski definition) is 4. The summed E-state index contributed by atoms with van der Waals surface area (Å²) in [5, 5.41) is 8.74. The summed E-state index contributed by atoms with van der Waals surface area (Å²) in [7, 11) is 0. The number of primary amides is 1. The molecule has 0 aromatic heterocycles. The van der Waals surface area contributed by atoms with E-state index in [1.165, 1.54) is 0 Å². The largest absolute Gasteiger partial charge is 0.383 e. The van der Waals surface area contributed by atoms with Crippen LogP contribution in [0.25, 0.3) is 0 Å². The number of thioether (sulfide) groups is 1. The van der Waals surface area contributed by atoms with Gasteiger partial charge in [-0.25, -0.2) is 4.79 Å². The lowest BCUT2D eigenvalue weighted by Crippen LogP contribution is -2.53. The summed E-state index contributed by atoms with van der Waals surface area (Å²) in [5.74, 6) is 1.51. The van der Waals surface area contributed by atoms with Gasteiger partial charge in [0, 0.05) is 12.3 Å². The van der Waals surface area contributed by atoms with Crippen molar-refractivity contribution in [2.75, 3.05) is 28.7 Å². The average Bonchev–Trinajstić information content (AvgIpc) is 2.49. The van der Waals surface area contributed by atoms with E-state index in [2.05, 4.69) is 22.9 Å². The SMILES string of the molecule is CCSCCNc1ccccc1NC(=O)N[C@H](C(N)=O)C(C)(C)C. The van der Waals surface area contributed by atoms with E-state index in [-0.39, 0.29) is 0 Å². The first-order valence-electron chi connectivity index (χ1n) is 8.03. The minimum Gasteiger partial charge on any atom is -0.383 e. The van der Waals surface area contributed by atoms with E-state index < -0.39 is 23.4 Å². The first-order valence-corrected chi connectivity index (χ1v) is 9.18. The summed E-state index contributed by atoms with van der Waals surface area (Å²) in [6, 6.07) is 6.26. The fraction of sp³-hybridized carbons (Fsp3) is 0.529. The standard InChI is InChI=1S/C17H28N4O2S/c1-5-24-11-10-19-12-8-6-7-9-13(12)20-16(23)21-14(15(18)22)17(2,3)4/h6-9,14,19H,5,10-11H2,1-4H3,(H2,18,22)(H2,20,21,23)/t14-/m1/s1. The van der Waals surface area contributed by atoms with Gasteiger partial charge >= 0.3 is 6.03 Å². The molecular formula is C17H28N4O2S. The summed E-state index contributed by atoms with van der Waals surface area (Å²) < 4.78 is 0. The Morgan fingerprint density at radius 2 is 1.83 bits per heavy atom. The van der Waals surface area contributed by atoms with Crippen molar-refractivity contribution in [3.63, 3.8) is 0 Å². The molecule has 0 aliphatic rings. The molecular weight excluding hydrogens is 324 g/mol. The molecule has 1 aromatic rings. The highest BCUT2D eigenvalue weighted by Gasteiger charge is 2.31. The average molecular weight is 353 g/mol. The maximum absolute atomic E-state index is 12.2. The molecule has 24 heavy (non-hydrogen) atoms. The van der Waals surface area contributed by atoms with Crippen molar-refractivity contribution in [3.05, 3.63) is 24.3 Å². The Hall–Kier alpha value is -1.89.